The monoisotopic (exact) mass is 175 g/mol. The SMILES string of the molecule is FC(F)CNCCc1ccco1. The zero-order valence-electron chi connectivity index (χ0n) is 6.59. The van der Waals surface area contributed by atoms with Crippen LogP contribution in [0.5, 0.6) is 0 Å². The fourth-order valence-electron chi connectivity index (χ4n) is 0.878. The van der Waals surface area contributed by atoms with Crippen molar-refractivity contribution in [3.8, 4) is 0 Å². The van der Waals surface area contributed by atoms with Crippen molar-refractivity contribution < 1.29 is 13.2 Å². The fourth-order valence-corrected chi connectivity index (χ4v) is 0.878. The molecule has 1 N–H and O–H groups in total. The van der Waals surface area contributed by atoms with Gasteiger partial charge in [-0.3, -0.25) is 0 Å². The summed E-state index contributed by atoms with van der Waals surface area (Å²) in [5.41, 5.74) is 0. The van der Waals surface area contributed by atoms with Crippen LogP contribution in [-0.2, 0) is 6.42 Å². The molecule has 12 heavy (non-hydrogen) atoms. The molecule has 0 aliphatic carbocycles. The predicted octanol–water partition coefficient (Wildman–Crippen LogP) is 1.68. The van der Waals surface area contributed by atoms with Gasteiger partial charge < -0.3 is 9.73 Å². The number of furan rings is 1. The lowest BCUT2D eigenvalue weighted by Gasteiger charge is -2.00. The Hall–Kier alpha value is -0.900. The summed E-state index contributed by atoms with van der Waals surface area (Å²) in [6, 6.07) is 3.60. The molecule has 0 aromatic carbocycles. The molecule has 1 heterocycles. The lowest BCUT2D eigenvalue weighted by atomic mass is 10.3. The summed E-state index contributed by atoms with van der Waals surface area (Å²) in [6.45, 7) is 0.276. The van der Waals surface area contributed by atoms with E-state index in [0.29, 0.717) is 13.0 Å². The van der Waals surface area contributed by atoms with Gasteiger partial charge in [0.1, 0.15) is 5.76 Å². The number of rotatable bonds is 5. The van der Waals surface area contributed by atoms with Gasteiger partial charge in [-0.05, 0) is 12.1 Å². The Bertz CT molecular complexity index is 199. The summed E-state index contributed by atoms with van der Waals surface area (Å²) in [7, 11) is 0. The highest BCUT2D eigenvalue weighted by Crippen LogP contribution is 1.99. The summed E-state index contributed by atoms with van der Waals surface area (Å²) in [5.74, 6) is 0.816. The number of hydrogen-bond acceptors (Lipinski definition) is 2. The van der Waals surface area contributed by atoms with Crippen LogP contribution in [0, 0.1) is 0 Å². The van der Waals surface area contributed by atoms with Crippen LogP contribution in [0.1, 0.15) is 5.76 Å². The van der Waals surface area contributed by atoms with Gasteiger partial charge in [0.05, 0.1) is 12.8 Å². The van der Waals surface area contributed by atoms with Crippen molar-refractivity contribution in [2.24, 2.45) is 0 Å². The molecule has 0 bridgehead atoms. The molecule has 1 aromatic rings. The standard InChI is InChI=1S/C8H11F2NO/c9-8(10)6-11-4-3-7-2-1-5-12-7/h1-2,5,8,11H,3-4,6H2. The normalized spacial score (nSPS) is 10.9. The molecule has 0 atom stereocenters. The third-order valence-electron chi connectivity index (χ3n) is 1.43. The van der Waals surface area contributed by atoms with Crippen LogP contribution in [0.25, 0.3) is 0 Å². The van der Waals surface area contributed by atoms with Gasteiger partial charge in [-0.15, -0.1) is 0 Å². The Morgan fingerprint density at radius 3 is 2.92 bits per heavy atom. The molecular weight excluding hydrogens is 164 g/mol. The topological polar surface area (TPSA) is 25.2 Å². The Morgan fingerprint density at radius 2 is 2.33 bits per heavy atom. The van der Waals surface area contributed by atoms with Gasteiger partial charge in [-0.1, -0.05) is 0 Å². The van der Waals surface area contributed by atoms with Crippen LogP contribution in [-0.4, -0.2) is 19.5 Å². The van der Waals surface area contributed by atoms with Crippen molar-refractivity contribution in [2.45, 2.75) is 12.8 Å². The second kappa shape index (κ2) is 4.87. The minimum Gasteiger partial charge on any atom is -0.469 e. The molecule has 1 aromatic heterocycles. The number of halogens is 2. The fraction of sp³-hybridized carbons (Fsp3) is 0.500. The van der Waals surface area contributed by atoms with E-state index in [1.54, 1.807) is 12.3 Å². The second-order valence-electron chi connectivity index (χ2n) is 2.42. The van der Waals surface area contributed by atoms with Crippen LogP contribution in [0.4, 0.5) is 8.78 Å². The van der Waals surface area contributed by atoms with Crippen LogP contribution in [0.15, 0.2) is 22.8 Å². The molecular formula is C8H11F2NO. The average molecular weight is 175 g/mol. The predicted molar refractivity (Wildman–Crippen MR) is 41.3 cm³/mol. The summed E-state index contributed by atoms with van der Waals surface area (Å²) in [6.07, 6.45) is -0.0519. The Kier molecular flexibility index (Phi) is 3.73. The van der Waals surface area contributed by atoms with E-state index in [-0.39, 0.29) is 6.54 Å². The first-order chi connectivity index (χ1) is 5.79. The van der Waals surface area contributed by atoms with E-state index < -0.39 is 6.43 Å². The van der Waals surface area contributed by atoms with E-state index in [0.717, 1.165) is 5.76 Å². The zero-order chi connectivity index (χ0) is 8.81. The average Bonchev–Trinajstić information content (AvgIpc) is 2.49. The van der Waals surface area contributed by atoms with Gasteiger partial charge in [-0.2, -0.15) is 0 Å². The van der Waals surface area contributed by atoms with E-state index in [1.165, 1.54) is 0 Å². The minimum atomic E-state index is -2.28. The van der Waals surface area contributed by atoms with Gasteiger partial charge in [0.15, 0.2) is 0 Å². The van der Waals surface area contributed by atoms with Crippen LogP contribution in [0.2, 0.25) is 0 Å². The largest absolute Gasteiger partial charge is 0.469 e. The smallest absolute Gasteiger partial charge is 0.250 e. The minimum absolute atomic E-state index is 0.249. The maximum absolute atomic E-state index is 11.6. The number of nitrogens with one attached hydrogen (secondary N) is 1. The molecule has 0 spiro atoms. The van der Waals surface area contributed by atoms with E-state index in [1.807, 2.05) is 6.07 Å². The molecule has 0 saturated carbocycles. The first-order valence-corrected chi connectivity index (χ1v) is 3.80. The Morgan fingerprint density at radius 1 is 1.50 bits per heavy atom. The Balaban J connectivity index is 2.04. The second-order valence-corrected chi connectivity index (χ2v) is 2.42. The quantitative estimate of drug-likeness (QED) is 0.689. The maximum Gasteiger partial charge on any atom is 0.250 e. The van der Waals surface area contributed by atoms with Crippen LogP contribution >= 0.6 is 0 Å². The lowest BCUT2D eigenvalue weighted by Crippen LogP contribution is -2.23. The van der Waals surface area contributed by atoms with Gasteiger partial charge in [0.2, 0.25) is 0 Å². The molecule has 0 fully saturated rings. The van der Waals surface area contributed by atoms with Crippen molar-refractivity contribution >= 4 is 0 Å². The molecule has 1 rings (SSSR count). The van der Waals surface area contributed by atoms with Gasteiger partial charge in [0, 0.05) is 13.0 Å². The summed E-state index contributed by atoms with van der Waals surface area (Å²) < 4.78 is 28.2. The van der Waals surface area contributed by atoms with Crippen LogP contribution in [0.3, 0.4) is 0 Å². The van der Waals surface area contributed by atoms with Gasteiger partial charge in [0.25, 0.3) is 6.43 Å². The molecule has 0 radical (unpaired) electrons. The van der Waals surface area contributed by atoms with E-state index >= 15 is 0 Å². The van der Waals surface area contributed by atoms with Gasteiger partial charge >= 0.3 is 0 Å². The lowest BCUT2D eigenvalue weighted by molar-refractivity contribution is 0.146. The maximum atomic E-state index is 11.6. The van der Waals surface area contributed by atoms with Crippen molar-refractivity contribution in [3.63, 3.8) is 0 Å². The molecule has 0 unspecified atom stereocenters. The van der Waals surface area contributed by atoms with Crippen molar-refractivity contribution in [3.05, 3.63) is 24.2 Å². The van der Waals surface area contributed by atoms with Gasteiger partial charge in [-0.25, -0.2) is 8.78 Å². The third kappa shape index (κ3) is 3.48. The summed E-state index contributed by atoms with van der Waals surface area (Å²) in [4.78, 5) is 0. The highest BCUT2D eigenvalue weighted by Gasteiger charge is 2.00. The highest BCUT2D eigenvalue weighted by atomic mass is 19.3. The molecule has 0 saturated heterocycles. The van der Waals surface area contributed by atoms with Crippen LogP contribution < -0.4 is 5.32 Å². The third-order valence-corrected chi connectivity index (χ3v) is 1.43. The first kappa shape index (κ1) is 9.19. The molecule has 0 amide bonds. The van der Waals surface area contributed by atoms with Crippen molar-refractivity contribution in [1.82, 2.24) is 5.32 Å². The highest BCUT2D eigenvalue weighted by molar-refractivity contribution is 4.98. The molecule has 4 heteroatoms. The molecule has 68 valence electrons. The van der Waals surface area contributed by atoms with Crippen molar-refractivity contribution in [1.29, 1.82) is 0 Å². The Labute approximate surface area is 69.6 Å². The van der Waals surface area contributed by atoms with E-state index in [2.05, 4.69) is 5.32 Å². The van der Waals surface area contributed by atoms with E-state index in [4.69, 9.17) is 4.42 Å². The summed E-state index contributed by atoms with van der Waals surface area (Å²) in [5, 5.41) is 2.61. The molecule has 0 aliphatic heterocycles. The van der Waals surface area contributed by atoms with E-state index in [9.17, 15) is 8.78 Å². The molecule has 0 aliphatic rings. The molecule has 2 nitrogen and oxygen atoms in total. The number of alkyl halides is 2. The number of hydrogen-bond donors (Lipinski definition) is 1. The first-order valence-electron chi connectivity index (χ1n) is 3.80. The van der Waals surface area contributed by atoms with Crippen molar-refractivity contribution in [2.75, 3.05) is 13.1 Å². The zero-order valence-corrected chi connectivity index (χ0v) is 6.59. The summed E-state index contributed by atoms with van der Waals surface area (Å²) >= 11 is 0.